The number of nitrogens with one attached hydrogen (secondary N) is 1. The van der Waals surface area contributed by atoms with E-state index in [1.54, 1.807) is 11.3 Å². The summed E-state index contributed by atoms with van der Waals surface area (Å²) in [6.07, 6.45) is 1.77. The third kappa shape index (κ3) is 3.97. The fourth-order valence-corrected chi connectivity index (χ4v) is 3.84. The molecule has 1 unspecified atom stereocenters. The number of nitrogens with zero attached hydrogens (tertiary/aromatic N) is 1. The first kappa shape index (κ1) is 17.0. The van der Waals surface area contributed by atoms with E-state index in [1.165, 1.54) is 4.88 Å². The molecule has 1 aliphatic rings. The molecule has 128 valence electrons. The zero-order valence-corrected chi connectivity index (χ0v) is 14.8. The Morgan fingerprint density at radius 3 is 2.79 bits per heavy atom. The second-order valence-electron chi connectivity index (χ2n) is 6.38. The highest BCUT2D eigenvalue weighted by Gasteiger charge is 2.23. The molecule has 5 heteroatoms. The molecule has 1 aromatic carbocycles. The van der Waals surface area contributed by atoms with Gasteiger partial charge in [-0.25, -0.2) is 0 Å². The van der Waals surface area contributed by atoms with Gasteiger partial charge in [-0.3, -0.25) is 4.79 Å². The molecule has 0 aliphatic carbocycles. The minimum absolute atomic E-state index is 0.0822. The zero-order chi connectivity index (χ0) is 16.9. The number of rotatable bonds is 5. The predicted molar refractivity (Wildman–Crippen MR) is 98.5 cm³/mol. The Morgan fingerprint density at radius 2 is 2.12 bits per heavy atom. The summed E-state index contributed by atoms with van der Waals surface area (Å²) in [7, 11) is 0. The van der Waals surface area contributed by atoms with Gasteiger partial charge in [0, 0.05) is 35.8 Å². The SMILES string of the molecule is CC(Nc1cccc(C(=O)N2CCC(CO)CC2)c1)c1cccs1. The molecule has 1 atom stereocenters. The summed E-state index contributed by atoms with van der Waals surface area (Å²) in [6.45, 7) is 3.81. The monoisotopic (exact) mass is 344 g/mol. The van der Waals surface area contributed by atoms with Crippen molar-refractivity contribution in [1.82, 2.24) is 4.90 Å². The van der Waals surface area contributed by atoms with Gasteiger partial charge in [-0.1, -0.05) is 12.1 Å². The minimum atomic E-state index is 0.0822. The molecule has 1 amide bonds. The lowest BCUT2D eigenvalue weighted by Crippen LogP contribution is -2.39. The Morgan fingerprint density at radius 1 is 1.33 bits per heavy atom. The second kappa shape index (κ2) is 7.81. The van der Waals surface area contributed by atoms with Crippen molar-refractivity contribution < 1.29 is 9.90 Å². The van der Waals surface area contributed by atoms with Crippen LogP contribution in [0.5, 0.6) is 0 Å². The number of anilines is 1. The summed E-state index contributed by atoms with van der Waals surface area (Å²) in [5, 5.41) is 14.8. The number of benzene rings is 1. The third-order valence-electron chi connectivity index (χ3n) is 4.62. The van der Waals surface area contributed by atoms with Crippen LogP contribution in [0, 0.1) is 5.92 Å². The summed E-state index contributed by atoms with van der Waals surface area (Å²) in [6, 6.07) is 12.1. The van der Waals surface area contributed by atoms with Crippen LogP contribution in [-0.4, -0.2) is 35.6 Å². The highest BCUT2D eigenvalue weighted by Crippen LogP contribution is 2.24. The summed E-state index contributed by atoms with van der Waals surface area (Å²) in [5.74, 6) is 0.424. The minimum Gasteiger partial charge on any atom is -0.396 e. The topological polar surface area (TPSA) is 52.6 Å². The lowest BCUT2D eigenvalue weighted by atomic mass is 9.97. The smallest absolute Gasteiger partial charge is 0.253 e. The van der Waals surface area contributed by atoms with Gasteiger partial charge in [0.25, 0.3) is 5.91 Å². The number of amides is 1. The van der Waals surface area contributed by atoms with Crippen molar-refractivity contribution >= 4 is 22.9 Å². The number of hydrogen-bond donors (Lipinski definition) is 2. The third-order valence-corrected chi connectivity index (χ3v) is 5.68. The average molecular weight is 344 g/mol. The predicted octanol–water partition coefficient (Wildman–Crippen LogP) is 3.77. The van der Waals surface area contributed by atoms with Gasteiger partial charge in [0.1, 0.15) is 0 Å². The van der Waals surface area contributed by atoms with Crippen LogP contribution < -0.4 is 5.32 Å². The molecule has 0 spiro atoms. The van der Waals surface area contributed by atoms with E-state index in [4.69, 9.17) is 0 Å². The van der Waals surface area contributed by atoms with Crippen LogP contribution in [0.25, 0.3) is 0 Å². The molecular weight excluding hydrogens is 320 g/mol. The molecule has 1 aromatic heterocycles. The molecule has 1 saturated heterocycles. The van der Waals surface area contributed by atoms with Crippen molar-refractivity contribution in [3.63, 3.8) is 0 Å². The highest BCUT2D eigenvalue weighted by atomic mass is 32.1. The lowest BCUT2D eigenvalue weighted by molar-refractivity contribution is 0.0651. The number of aliphatic hydroxyl groups excluding tert-OH is 1. The molecule has 0 bridgehead atoms. The van der Waals surface area contributed by atoms with E-state index in [2.05, 4.69) is 23.7 Å². The van der Waals surface area contributed by atoms with Crippen molar-refractivity contribution in [3.05, 3.63) is 52.2 Å². The van der Waals surface area contributed by atoms with E-state index in [9.17, 15) is 9.90 Å². The Labute approximate surface area is 147 Å². The standard InChI is InChI=1S/C19H24N2O2S/c1-14(18-6-3-11-24-18)20-17-5-2-4-16(12-17)19(23)21-9-7-15(13-22)8-10-21/h2-6,11-12,14-15,20,22H,7-10,13H2,1H3. The largest absolute Gasteiger partial charge is 0.396 e. The van der Waals surface area contributed by atoms with E-state index in [-0.39, 0.29) is 18.6 Å². The number of carbonyl (C=O) groups excluding carboxylic acids is 1. The fourth-order valence-electron chi connectivity index (χ4n) is 3.10. The molecule has 2 heterocycles. The molecule has 1 aliphatic heterocycles. The van der Waals surface area contributed by atoms with Crippen LogP contribution in [0.3, 0.4) is 0 Å². The molecular formula is C19H24N2O2S. The average Bonchev–Trinajstić information content (AvgIpc) is 3.16. The molecule has 0 radical (unpaired) electrons. The maximum Gasteiger partial charge on any atom is 0.253 e. The molecule has 2 aromatic rings. The van der Waals surface area contributed by atoms with Crippen molar-refractivity contribution in [2.45, 2.75) is 25.8 Å². The Kier molecular flexibility index (Phi) is 5.53. The number of aliphatic hydroxyl groups is 1. The Hall–Kier alpha value is -1.85. The zero-order valence-electron chi connectivity index (χ0n) is 13.9. The van der Waals surface area contributed by atoms with E-state index >= 15 is 0 Å². The lowest BCUT2D eigenvalue weighted by Gasteiger charge is -2.31. The van der Waals surface area contributed by atoms with Gasteiger partial charge in [-0.05, 0) is 55.3 Å². The van der Waals surface area contributed by atoms with E-state index in [0.29, 0.717) is 5.92 Å². The molecule has 2 N–H and O–H groups in total. The first-order chi connectivity index (χ1) is 11.7. The summed E-state index contributed by atoms with van der Waals surface area (Å²) >= 11 is 1.73. The number of thiophene rings is 1. The number of hydrogen-bond acceptors (Lipinski definition) is 4. The number of piperidine rings is 1. The first-order valence-corrected chi connectivity index (χ1v) is 9.35. The molecule has 1 fully saturated rings. The first-order valence-electron chi connectivity index (χ1n) is 8.47. The van der Waals surface area contributed by atoms with Crippen molar-refractivity contribution in [2.75, 3.05) is 25.0 Å². The van der Waals surface area contributed by atoms with E-state index < -0.39 is 0 Å². The van der Waals surface area contributed by atoms with Gasteiger partial charge in [-0.15, -0.1) is 11.3 Å². The van der Waals surface area contributed by atoms with Gasteiger partial charge >= 0.3 is 0 Å². The van der Waals surface area contributed by atoms with Crippen molar-refractivity contribution in [3.8, 4) is 0 Å². The van der Waals surface area contributed by atoms with Crippen LogP contribution in [0.2, 0.25) is 0 Å². The van der Waals surface area contributed by atoms with Crippen LogP contribution >= 0.6 is 11.3 Å². The van der Waals surface area contributed by atoms with E-state index in [1.807, 2.05) is 35.2 Å². The summed E-state index contributed by atoms with van der Waals surface area (Å²) in [4.78, 5) is 15.9. The van der Waals surface area contributed by atoms with E-state index in [0.717, 1.165) is 37.2 Å². The number of carbonyl (C=O) groups is 1. The van der Waals surface area contributed by atoms with Crippen LogP contribution in [0.15, 0.2) is 41.8 Å². The number of likely N-dealkylation sites (tertiary alicyclic amines) is 1. The summed E-state index contributed by atoms with van der Waals surface area (Å²) in [5.41, 5.74) is 1.69. The Bertz CT molecular complexity index is 664. The van der Waals surface area contributed by atoms with Gasteiger partial charge < -0.3 is 15.3 Å². The quantitative estimate of drug-likeness (QED) is 0.868. The maximum atomic E-state index is 12.7. The van der Waals surface area contributed by atoms with Gasteiger partial charge in [0.15, 0.2) is 0 Å². The Balaban J connectivity index is 1.65. The second-order valence-corrected chi connectivity index (χ2v) is 7.36. The van der Waals surface area contributed by atoms with Crippen LogP contribution in [0.1, 0.15) is 41.0 Å². The molecule has 3 rings (SSSR count). The van der Waals surface area contributed by atoms with Gasteiger partial charge in [0.05, 0.1) is 6.04 Å². The van der Waals surface area contributed by atoms with Crippen molar-refractivity contribution in [1.29, 1.82) is 0 Å². The molecule has 4 nitrogen and oxygen atoms in total. The van der Waals surface area contributed by atoms with Crippen molar-refractivity contribution in [2.24, 2.45) is 5.92 Å². The van der Waals surface area contributed by atoms with Gasteiger partial charge in [-0.2, -0.15) is 0 Å². The van der Waals surface area contributed by atoms with Crippen LogP contribution in [-0.2, 0) is 0 Å². The highest BCUT2D eigenvalue weighted by molar-refractivity contribution is 7.10. The fraction of sp³-hybridized carbons (Fsp3) is 0.421. The van der Waals surface area contributed by atoms with Gasteiger partial charge in [0.2, 0.25) is 0 Å². The summed E-state index contributed by atoms with van der Waals surface area (Å²) < 4.78 is 0. The van der Waals surface area contributed by atoms with Crippen LogP contribution in [0.4, 0.5) is 5.69 Å². The molecule has 24 heavy (non-hydrogen) atoms. The molecule has 0 saturated carbocycles. The normalized spacial score (nSPS) is 16.8. The maximum absolute atomic E-state index is 12.7.